The summed E-state index contributed by atoms with van der Waals surface area (Å²) in [5.41, 5.74) is 9.43. The molecule has 2 aromatic rings. The normalized spacial score (nSPS) is 18.4. The average Bonchev–Trinajstić information content (AvgIpc) is 2.66. The maximum absolute atomic E-state index is 7.82. The van der Waals surface area contributed by atoms with Crippen LogP contribution in [-0.2, 0) is 0 Å². The molecule has 28 heavy (non-hydrogen) atoms. The smallest absolute Gasteiger partial charge is 0.122 e. The van der Waals surface area contributed by atoms with Gasteiger partial charge >= 0.3 is 0 Å². The third kappa shape index (κ3) is 4.06. The van der Waals surface area contributed by atoms with E-state index in [0.717, 1.165) is 25.1 Å². The van der Waals surface area contributed by atoms with Crippen LogP contribution in [0, 0.1) is 10.8 Å². The number of likely N-dealkylation sites (tertiary alicyclic amines) is 1. The Morgan fingerprint density at radius 3 is 2.68 bits per heavy atom. The van der Waals surface area contributed by atoms with Crippen LogP contribution in [0.3, 0.4) is 0 Å². The highest BCUT2D eigenvalue weighted by Gasteiger charge is 2.27. The van der Waals surface area contributed by atoms with E-state index in [9.17, 15) is 0 Å². The Morgan fingerprint density at radius 2 is 1.89 bits per heavy atom. The molecule has 0 aromatic heterocycles. The molecule has 1 fully saturated rings. The Hall–Kier alpha value is -1.98. The van der Waals surface area contributed by atoms with Crippen LogP contribution in [0.1, 0.15) is 38.7 Å². The maximum Gasteiger partial charge on any atom is 0.122 e. The predicted octanol–water partition coefficient (Wildman–Crippen LogP) is 5.09. The van der Waals surface area contributed by atoms with Gasteiger partial charge in [0, 0.05) is 28.4 Å². The fourth-order valence-electron chi connectivity index (χ4n) is 4.43. The van der Waals surface area contributed by atoms with Crippen molar-refractivity contribution >= 4 is 29.0 Å². The van der Waals surface area contributed by atoms with Crippen molar-refractivity contribution in [1.29, 1.82) is 5.41 Å². The first-order valence-corrected chi connectivity index (χ1v) is 11.0. The minimum Gasteiger partial charge on any atom is -0.384 e. The molecule has 2 heterocycles. The third-order valence-corrected chi connectivity index (χ3v) is 6.90. The molecular formula is C23H30N4S. The summed E-state index contributed by atoms with van der Waals surface area (Å²) in [6.07, 6.45) is 3.77. The number of nitrogens with zero attached hydrogens (tertiary/aromatic N) is 2. The number of nitrogens with two attached hydrogens (primary N) is 1. The van der Waals surface area contributed by atoms with Crippen molar-refractivity contribution in [3.8, 4) is 0 Å². The third-order valence-electron chi connectivity index (χ3n) is 5.77. The number of piperidine rings is 1. The lowest BCUT2D eigenvalue weighted by atomic mass is 9.84. The van der Waals surface area contributed by atoms with Crippen LogP contribution in [0.25, 0.3) is 0 Å². The first-order chi connectivity index (χ1) is 13.4. The van der Waals surface area contributed by atoms with Crippen molar-refractivity contribution < 1.29 is 0 Å². The van der Waals surface area contributed by atoms with E-state index < -0.39 is 0 Å². The zero-order chi connectivity index (χ0) is 19.7. The number of fused-ring (bicyclic) bond motifs is 2. The van der Waals surface area contributed by atoms with Gasteiger partial charge in [-0.05, 0) is 62.0 Å². The average molecular weight is 395 g/mol. The molecule has 4 nitrogen and oxygen atoms in total. The van der Waals surface area contributed by atoms with E-state index in [2.05, 4.69) is 60.0 Å². The van der Waals surface area contributed by atoms with Gasteiger partial charge in [-0.15, -0.1) is 0 Å². The van der Waals surface area contributed by atoms with Gasteiger partial charge in [0.1, 0.15) is 5.84 Å². The number of benzene rings is 2. The fraction of sp³-hybridized carbons (Fsp3) is 0.435. The van der Waals surface area contributed by atoms with Gasteiger partial charge < -0.3 is 15.5 Å². The van der Waals surface area contributed by atoms with Gasteiger partial charge in [0.25, 0.3) is 0 Å². The van der Waals surface area contributed by atoms with Crippen molar-refractivity contribution in [3.05, 3.63) is 48.0 Å². The number of amidine groups is 1. The van der Waals surface area contributed by atoms with E-state index in [1.807, 2.05) is 6.07 Å². The SMILES string of the molecule is CC1(C)CCCN(CCCN2c3ccccc3Sc3ccc(C(=N)N)cc32)C1. The summed E-state index contributed by atoms with van der Waals surface area (Å²) in [6, 6.07) is 14.7. The molecule has 0 radical (unpaired) electrons. The summed E-state index contributed by atoms with van der Waals surface area (Å²) in [5.74, 6) is 0.127. The van der Waals surface area contributed by atoms with Crippen molar-refractivity contribution in [2.45, 2.75) is 42.9 Å². The Bertz CT molecular complexity index is 877. The van der Waals surface area contributed by atoms with Gasteiger partial charge in [-0.1, -0.05) is 43.8 Å². The van der Waals surface area contributed by atoms with Gasteiger partial charge in [-0.2, -0.15) is 0 Å². The molecule has 5 heteroatoms. The number of para-hydroxylation sites is 1. The minimum absolute atomic E-state index is 0.127. The number of nitrogen functional groups attached to an aromatic ring is 1. The number of rotatable bonds is 5. The van der Waals surface area contributed by atoms with E-state index in [1.54, 1.807) is 11.8 Å². The first-order valence-electron chi connectivity index (χ1n) is 10.2. The van der Waals surface area contributed by atoms with Crippen LogP contribution in [0.5, 0.6) is 0 Å². The first kappa shape index (κ1) is 19.3. The van der Waals surface area contributed by atoms with Crippen LogP contribution < -0.4 is 10.6 Å². The van der Waals surface area contributed by atoms with Crippen molar-refractivity contribution in [2.75, 3.05) is 31.1 Å². The van der Waals surface area contributed by atoms with Gasteiger partial charge in [0.2, 0.25) is 0 Å². The van der Waals surface area contributed by atoms with Gasteiger partial charge in [-0.25, -0.2) is 0 Å². The molecule has 0 atom stereocenters. The Kier molecular flexibility index (Phi) is 5.39. The second-order valence-electron chi connectivity index (χ2n) is 8.72. The van der Waals surface area contributed by atoms with Crippen molar-refractivity contribution in [2.24, 2.45) is 11.1 Å². The summed E-state index contributed by atoms with van der Waals surface area (Å²) in [5, 5.41) is 7.82. The molecule has 2 aliphatic heterocycles. The van der Waals surface area contributed by atoms with Crippen LogP contribution in [0.2, 0.25) is 0 Å². The zero-order valence-electron chi connectivity index (χ0n) is 16.9. The molecule has 3 N–H and O–H groups in total. The van der Waals surface area contributed by atoms with E-state index in [4.69, 9.17) is 11.1 Å². The van der Waals surface area contributed by atoms with E-state index in [-0.39, 0.29) is 5.84 Å². The highest BCUT2D eigenvalue weighted by molar-refractivity contribution is 7.99. The predicted molar refractivity (Wildman–Crippen MR) is 119 cm³/mol. The van der Waals surface area contributed by atoms with Gasteiger partial charge in [0.05, 0.1) is 11.4 Å². The quantitative estimate of drug-likeness (QED) is 0.548. The van der Waals surface area contributed by atoms with Crippen LogP contribution in [0.15, 0.2) is 52.3 Å². The topological polar surface area (TPSA) is 56.4 Å². The molecule has 0 amide bonds. The second kappa shape index (κ2) is 7.80. The van der Waals surface area contributed by atoms with E-state index in [0.29, 0.717) is 5.41 Å². The lowest BCUT2D eigenvalue weighted by molar-refractivity contribution is 0.117. The molecule has 1 saturated heterocycles. The molecule has 0 spiro atoms. The molecular weight excluding hydrogens is 364 g/mol. The molecule has 0 unspecified atom stereocenters. The number of hydrogen-bond donors (Lipinski definition) is 2. The van der Waals surface area contributed by atoms with Gasteiger partial charge in [-0.3, -0.25) is 5.41 Å². The summed E-state index contributed by atoms with van der Waals surface area (Å²) < 4.78 is 0. The number of anilines is 2. The molecule has 2 aromatic carbocycles. The highest BCUT2D eigenvalue weighted by atomic mass is 32.2. The zero-order valence-corrected chi connectivity index (χ0v) is 17.7. The molecule has 0 saturated carbocycles. The molecule has 148 valence electrons. The molecule has 0 aliphatic carbocycles. The van der Waals surface area contributed by atoms with Crippen molar-refractivity contribution in [3.63, 3.8) is 0 Å². The fourth-order valence-corrected chi connectivity index (χ4v) is 5.50. The summed E-state index contributed by atoms with van der Waals surface area (Å²) in [4.78, 5) is 7.58. The van der Waals surface area contributed by atoms with E-state index >= 15 is 0 Å². The lowest BCUT2D eigenvalue weighted by Crippen LogP contribution is -2.41. The minimum atomic E-state index is 0.127. The maximum atomic E-state index is 7.82. The summed E-state index contributed by atoms with van der Waals surface area (Å²) in [7, 11) is 0. The monoisotopic (exact) mass is 394 g/mol. The molecule has 0 bridgehead atoms. The van der Waals surface area contributed by atoms with Gasteiger partial charge in [0.15, 0.2) is 0 Å². The highest BCUT2D eigenvalue weighted by Crippen LogP contribution is 2.48. The van der Waals surface area contributed by atoms with Crippen molar-refractivity contribution in [1.82, 2.24) is 4.90 Å². The van der Waals surface area contributed by atoms with Crippen LogP contribution in [-0.4, -0.2) is 36.9 Å². The molecule has 2 aliphatic rings. The molecule has 4 rings (SSSR count). The largest absolute Gasteiger partial charge is 0.384 e. The van der Waals surface area contributed by atoms with Crippen LogP contribution >= 0.6 is 11.8 Å². The Labute approximate surface area is 172 Å². The summed E-state index contributed by atoms with van der Waals surface area (Å²) in [6.45, 7) is 9.30. The number of hydrogen-bond acceptors (Lipinski definition) is 4. The summed E-state index contributed by atoms with van der Waals surface area (Å²) >= 11 is 1.80. The standard InChI is InChI=1S/C23H30N4S/c1-23(2)11-5-12-26(16-23)13-6-14-27-18-7-3-4-8-20(18)28-21-10-9-17(22(24)25)15-19(21)27/h3-4,7-10,15H,5-6,11-14,16H2,1-2H3,(H3,24,25). The number of nitrogens with one attached hydrogen (secondary N) is 1. The van der Waals surface area contributed by atoms with E-state index in [1.165, 1.54) is 47.1 Å². The lowest BCUT2D eigenvalue weighted by Gasteiger charge is -2.39. The van der Waals surface area contributed by atoms with Crippen LogP contribution in [0.4, 0.5) is 11.4 Å². The Morgan fingerprint density at radius 1 is 1.11 bits per heavy atom. The Balaban J connectivity index is 1.54. The second-order valence-corrected chi connectivity index (χ2v) is 9.80.